The van der Waals surface area contributed by atoms with E-state index < -0.39 is 0 Å². The van der Waals surface area contributed by atoms with Crippen LogP contribution >= 0.6 is 0 Å². The standard InChI is InChI=1S/C17H24O4/c1-4-6-10-13(3)17(19)21-15-12-8-7-11-14(15)20-16(18)9-5-2/h7-8,11-13H,4-6,9-10H2,1-3H3. The molecule has 0 N–H and O–H groups in total. The van der Waals surface area contributed by atoms with Crippen LogP contribution in [0.25, 0.3) is 0 Å². The van der Waals surface area contributed by atoms with Gasteiger partial charge in [-0.2, -0.15) is 0 Å². The van der Waals surface area contributed by atoms with E-state index in [0.29, 0.717) is 17.9 Å². The lowest BCUT2D eigenvalue weighted by Gasteiger charge is -2.13. The molecule has 0 saturated carbocycles. The summed E-state index contributed by atoms with van der Waals surface area (Å²) in [6.45, 7) is 5.84. The molecule has 1 aromatic rings. The Labute approximate surface area is 126 Å². The van der Waals surface area contributed by atoms with Crippen LogP contribution in [0.1, 0.15) is 52.9 Å². The van der Waals surface area contributed by atoms with Crippen molar-refractivity contribution in [3.8, 4) is 11.5 Å². The lowest BCUT2D eigenvalue weighted by atomic mass is 10.1. The maximum atomic E-state index is 12.0. The molecule has 0 heterocycles. The molecule has 0 aliphatic heterocycles. The van der Waals surface area contributed by atoms with Gasteiger partial charge >= 0.3 is 11.9 Å². The predicted octanol–water partition coefficient (Wildman–Crippen LogP) is 4.12. The van der Waals surface area contributed by atoms with Crippen molar-refractivity contribution in [3.05, 3.63) is 24.3 Å². The second kappa shape index (κ2) is 9.16. The molecule has 1 unspecified atom stereocenters. The topological polar surface area (TPSA) is 52.6 Å². The fourth-order valence-corrected chi connectivity index (χ4v) is 1.83. The van der Waals surface area contributed by atoms with E-state index in [1.807, 2.05) is 13.8 Å². The van der Waals surface area contributed by atoms with Gasteiger partial charge in [0.05, 0.1) is 5.92 Å². The fraction of sp³-hybridized carbons (Fsp3) is 0.529. The third kappa shape index (κ3) is 5.98. The van der Waals surface area contributed by atoms with Crippen LogP contribution in [0.4, 0.5) is 0 Å². The summed E-state index contributed by atoms with van der Waals surface area (Å²) in [6, 6.07) is 6.76. The smallest absolute Gasteiger partial charge is 0.314 e. The predicted molar refractivity (Wildman–Crippen MR) is 81.3 cm³/mol. The van der Waals surface area contributed by atoms with Crippen LogP contribution in [-0.2, 0) is 9.59 Å². The lowest BCUT2D eigenvalue weighted by Crippen LogP contribution is -2.18. The first-order valence-corrected chi connectivity index (χ1v) is 7.59. The Balaban J connectivity index is 2.70. The summed E-state index contributed by atoms with van der Waals surface area (Å²) in [5.74, 6) is -0.172. The molecule has 1 rings (SSSR count). The second-order valence-corrected chi connectivity index (χ2v) is 5.14. The van der Waals surface area contributed by atoms with Crippen LogP contribution in [0.2, 0.25) is 0 Å². The van der Waals surface area contributed by atoms with Gasteiger partial charge in [-0.3, -0.25) is 9.59 Å². The Kier molecular flexibility index (Phi) is 7.51. The molecule has 0 aromatic heterocycles. The largest absolute Gasteiger partial charge is 0.423 e. The van der Waals surface area contributed by atoms with E-state index in [2.05, 4.69) is 6.92 Å². The molecule has 0 bridgehead atoms. The third-order valence-electron chi connectivity index (χ3n) is 3.13. The number of unbranched alkanes of at least 4 members (excludes halogenated alkanes) is 1. The normalized spacial score (nSPS) is 11.8. The van der Waals surface area contributed by atoms with Crippen molar-refractivity contribution < 1.29 is 19.1 Å². The third-order valence-corrected chi connectivity index (χ3v) is 3.13. The Morgan fingerprint density at radius 1 is 1.05 bits per heavy atom. The van der Waals surface area contributed by atoms with Crippen LogP contribution in [-0.4, -0.2) is 11.9 Å². The fourth-order valence-electron chi connectivity index (χ4n) is 1.83. The van der Waals surface area contributed by atoms with Crippen molar-refractivity contribution in [1.29, 1.82) is 0 Å². The summed E-state index contributed by atoms with van der Waals surface area (Å²) >= 11 is 0. The molecule has 21 heavy (non-hydrogen) atoms. The SMILES string of the molecule is CCCCC(C)C(=O)Oc1ccccc1OC(=O)CCC. The van der Waals surface area contributed by atoms with E-state index in [0.717, 1.165) is 25.7 Å². The van der Waals surface area contributed by atoms with Crippen molar-refractivity contribution >= 4 is 11.9 Å². The highest BCUT2D eigenvalue weighted by Crippen LogP contribution is 2.28. The van der Waals surface area contributed by atoms with E-state index in [4.69, 9.17) is 9.47 Å². The minimum atomic E-state index is -0.319. The minimum Gasteiger partial charge on any atom is -0.423 e. The highest BCUT2D eigenvalue weighted by Gasteiger charge is 2.17. The maximum Gasteiger partial charge on any atom is 0.314 e. The number of hydrogen-bond donors (Lipinski definition) is 0. The number of carbonyl (C=O) groups is 2. The van der Waals surface area contributed by atoms with Crippen LogP contribution < -0.4 is 9.47 Å². The summed E-state index contributed by atoms with van der Waals surface area (Å²) in [4.78, 5) is 23.6. The molecule has 0 aliphatic rings. The molecule has 0 fully saturated rings. The van der Waals surface area contributed by atoms with Gasteiger partial charge in [-0.25, -0.2) is 0 Å². The summed E-state index contributed by atoms with van der Waals surface area (Å²) < 4.78 is 10.6. The minimum absolute atomic E-state index is 0.163. The van der Waals surface area contributed by atoms with Crippen molar-refractivity contribution in [2.75, 3.05) is 0 Å². The number of rotatable bonds is 8. The van der Waals surface area contributed by atoms with Gasteiger partial charge in [0.2, 0.25) is 0 Å². The molecular formula is C17H24O4. The molecule has 4 heteroatoms. The molecule has 0 aliphatic carbocycles. The number of ether oxygens (including phenoxy) is 2. The molecule has 0 radical (unpaired) electrons. The first kappa shape index (κ1) is 17.2. The lowest BCUT2D eigenvalue weighted by molar-refractivity contribution is -0.140. The van der Waals surface area contributed by atoms with Crippen LogP contribution in [0.15, 0.2) is 24.3 Å². The van der Waals surface area contributed by atoms with Gasteiger partial charge in [0.25, 0.3) is 0 Å². The number of esters is 2. The number of para-hydroxylation sites is 2. The van der Waals surface area contributed by atoms with E-state index in [9.17, 15) is 9.59 Å². The molecule has 116 valence electrons. The molecule has 4 nitrogen and oxygen atoms in total. The molecule has 0 spiro atoms. The monoisotopic (exact) mass is 292 g/mol. The number of benzene rings is 1. The number of carbonyl (C=O) groups excluding carboxylic acids is 2. The average Bonchev–Trinajstić information content (AvgIpc) is 2.47. The van der Waals surface area contributed by atoms with E-state index >= 15 is 0 Å². The maximum absolute atomic E-state index is 12.0. The van der Waals surface area contributed by atoms with Gasteiger partial charge in [-0.15, -0.1) is 0 Å². The molecule has 0 saturated heterocycles. The van der Waals surface area contributed by atoms with Crippen molar-refractivity contribution in [1.82, 2.24) is 0 Å². The first-order valence-electron chi connectivity index (χ1n) is 7.59. The van der Waals surface area contributed by atoms with Gasteiger partial charge < -0.3 is 9.47 Å². The van der Waals surface area contributed by atoms with Crippen molar-refractivity contribution in [3.63, 3.8) is 0 Å². The van der Waals surface area contributed by atoms with E-state index in [1.54, 1.807) is 24.3 Å². The van der Waals surface area contributed by atoms with Gasteiger partial charge in [-0.05, 0) is 25.0 Å². The van der Waals surface area contributed by atoms with Gasteiger partial charge in [0.15, 0.2) is 11.5 Å². The quantitative estimate of drug-likeness (QED) is 0.534. The zero-order valence-corrected chi connectivity index (χ0v) is 13.1. The average molecular weight is 292 g/mol. The van der Waals surface area contributed by atoms with Gasteiger partial charge in [0.1, 0.15) is 0 Å². The van der Waals surface area contributed by atoms with Crippen LogP contribution in [0.3, 0.4) is 0 Å². The molecule has 0 amide bonds. The molecule has 1 aromatic carbocycles. The first-order chi connectivity index (χ1) is 10.1. The summed E-state index contributed by atoms with van der Waals surface area (Å²) in [6.07, 6.45) is 3.89. The second-order valence-electron chi connectivity index (χ2n) is 5.14. The van der Waals surface area contributed by atoms with Gasteiger partial charge in [0, 0.05) is 6.42 Å². The summed E-state index contributed by atoms with van der Waals surface area (Å²) in [7, 11) is 0. The van der Waals surface area contributed by atoms with E-state index in [1.165, 1.54) is 0 Å². The number of hydrogen-bond acceptors (Lipinski definition) is 4. The Morgan fingerprint density at radius 3 is 2.24 bits per heavy atom. The highest BCUT2D eigenvalue weighted by molar-refractivity contribution is 5.77. The highest BCUT2D eigenvalue weighted by atomic mass is 16.6. The van der Waals surface area contributed by atoms with Crippen molar-refractivity contribution in [2.45, 2.75) is 52.9 Å². The van der Waals surface area contributed by atoms with Gasteiger partial charge in [-0.1, -0.05) is 45.7 Å². The van der Waals surface area contributed by atoms with Crippen LogP contribution in [0, 0.1) is 5.92 Å². The summed E-state index contributed by atoms with van der Waals surface area (Å²) in [5, 5.41) is 0. The molecular weight excluding hydrogens is 268 g/mol. The van der Waals surface area contributed by atoms with E-state index in [-0.39, 0.29) is 17.9 Å². The Bertz CT molecular complexity index is 468. The Morgan fingerprint density at radius 2 is 1.67 bits per heavy atom. The van der Waals surface area contributed by atoms with Crippen molar-refractivity contribution in [2.24, 2.45) is 5.92 Å². The Hall–Kier alpha value is -1.84. The summed E-state index contributed by atoms with van der Waals surface area (Å²) in [5.41, 5.74) is 0. The zero-order chi connectivity index (χ0) is 15.7. The zero-order valence-electron chi connectivity index (χ0n) is 13.1. The van der Waals surface area contributed by atoms with Crippen LogP contribution in [0.5, 0.6) is 11.5 Å². The molecule has 1 atom stereocenters.